The summed E-state index contributed by atoms with van der Waals surface area (Å²) in [6.45, 7) is 7.99. The van der Waals surface area contributed by atoms with Crippen molar-refractivity contribution in [2.75, 3.05) is 5.32 Å². The van der Waals surface area contributed by atoms with Crippen LogP contribution in [0.5, 0.6) is 0 Å². The highest BCUT2D eigenvalue weighted by Gasteiger charge is 2.58. The SMILES string of the molecule is CC1(C)CC(C#N)(Nc2ccc(Br)cc2)C(C)(C)O1. The van der Waals surface area contributed by atoms with E-state index >= 15 is 0 Å². The second-order valence-corrected chi connectivity index (χ2v) is 7.11. The summed E-state index contributed by atoms with van der Waals surface area (Å²) in [7, 11) is 0. The first-order valence-corrected chi connectivity index (χ1v) is 7.14. The smallest absolute Gasteiger partial charge is 0.156 e. The predicted octanol–water partition coefficient (Wildman–Crippen LogP) is 4.10. The normalized spacial score (nSPS) is 27.8. The summed E-state index contributed by atoms with van der Waals surface area (Å²) in [5.74, 6) is 0. The number of rotatable bonds is 2. The van der Waals surface area contributed by atoms with Gasteiger partial charge in [0.2, 0.25) is 0 Å². The molecule has 0 saturated carbocycles. The van der Waals surface area contributed by atoms with Crippen LogP contribution >= 0.6 is 15.9 Å². The molecular weight excluding hydrogens is 304 g/mol. The first kappa shape index (κ1) is 14.4. The van der Waals surface area contributed by atoms with Gasteiger partial charge in [-0.2, -0.15) is 5.26 Å². The lowest BCUT2D eigenvalue weighted by atomic mass is 9.80. The van der Waals surface area contributed by atoms with Crippen LogP contribution in [0.1, 0.15) is 34.1 Å². The van der Waals surface area contributed by atoms with Gasteiger partial charge in [-0.15, -0.1) is 0 Å². The van der Waals surface area contributed by atoms with E-state index < -0.39 is 11.1 Å². The summed E-state index contributed by atoms with van der Waals surface area (Å²) < 4.78 is 7.06. The quantitative estimate of drug-likeness (QED) is 0.891. The molecule has 1 atom stereocenters. The Morgan fingerprint density at radius 3 is 2.21 bits per heavy atom. The molecule has 1 aromatic rings. The zero-order chi connectivity index (χ0) is 14.3. The minimum atomic E-state index is -0.718. The van der Waals surface area contributed by atoms with Gasteiger partial charge in [0.15, 0.2) is 5.54 Å². The molecule has 0 spiro atoms. The molecule has 0 amide bonds. The van der Waals surface area contributed by atoms with Crippen LogP contribution in [0.4, 0.5) is 5.69 Å². The van der Waals surface area contributed by atoms with Gasteiger partial charge >= 0.3 is 0 Å². The molecule has 19 heavy (non-hydrogen) atoms. The molecule has 2 rings (SSSR count). The highest BCUT2D eigenvalue weighted by Crippen LogP contribution is 2.46. The number of nitrogens with one attached hydrogen (secondary N) is 1. The van der Waals surface area contributed by atoms with E-state index in [9.17, 15) is 5.26 Å². The fraction of sp³-hybridized carbons (Fsp3) is 0.533. The number of hydrogen-bond acceptors (Lipinski definition) is 3. The molecule has 1 N–H and O–H groups in total. The van der Waals surface area contributed by atoms with Crippen LogP contribution in [-0.4, -0.2) is 16.7 Å². The van der Waals surface area contributed by atoms with Crippen molar-refractivity contribution in [1.82, 2.24) is 0 Å². The van der Waals surface area contributed by atoms with Crippen LogP contribution in [0.25, 0.3) is 0 Å². The maximum Gasteiger partial charge on any atom is 0.156 e. The van der Waals surface area contributed by atoms with E-state index in [-0.39, 0.29) is 5.60 Å². The fourth-order valence-electron chi connectivity index (χ4n) is 2.84. The van der Waals surface area contributed by atoms with Gasteiger partial charge in [-0.3, -0.25) is 0 Å². The zero-order valence-electron chi connectivity index (χ0n) is 11.7. The Morgan fingerprint density at radius 1 is 1.21 bits per heavy atom. The zero-order valence-corrected chi connectivity index (χ0v) is 13.3. The van der Waals surface area contributed by atoms with Crippen molar-refractivity contribution in [1.29, 1.82) is 5.26 Å². The van der Waals surface area contributed by atoms with Crippen molar-refractivity contribution in [2.24, 2.45) is 0 Å². The average Bonchev–Trinajstić information content (AvgIpc) is 2.47. The van der Waals surface area contributed by atoms with E-state index in [0.29, 0.717) is 6.42 Å². The maximum atomic E-state index is 9.70. The van der Waals surface area contributed by atoms with Crippen molar-refractivity contribution in [3.63, 3.8) is 0 Å². The molecule has 1 saturated heterocycles. The molecule has 1 aromatic carbocycles. The van der Waals surface area contributed by atoms with E-state index in [0.717, 1.165) is 10.2 Å². The van der Waals surface area contributed by atoms with Gasteiger partial charge < -0.3 is 10.1 Å². The Labute approximate surface area is 123 Å². The number of halogens is 1. The molecule has 1 fully saturated rings. The lowest BCUT2D eigenvalue weighted by molar-refractivity contribution is -0.0713. The van der Waals surface area contributed by atoms with E-state index in [1.165, 1.54) is 0 Å². The number of benzene rings is 1. The molecule has 1 aliphatic heterocycles. The number of hydrogen-bond donors (Lipinski definition) is 1. The van der Waals surface area contributed by atoms with E-state index in [1.54, 1.807) is 0 Å². The number of nitrogens with zero attached hydrogens (tertiary/aromatic N) is 1. The van der Waals surface area contributed by atoms with Crippen LogP contribution in [-0.2, 0) is 4.74 Å². The standard InChI is InChI=1S/C15H19BrN2O/c1-13(2)9-15(10-17,14(3,4)19-13)18-12-7-5-11(16)6-8-12/h5-8,18H,9H2,1-4H3. The summed E-state index contributed by atoms with van der Waals surface area (Å²) in [5, 5.41) is 13.1. The lowest BCUT2D eigenvalue weighted by Crippen LogP contribution is -2.51. The van der Waals surface area contributed by atoms with Gasteiger partial charge in [0.1, 0.15) is 0 Å². The average molecular weight is 323 g/mol. The Hall–Kier alpha value is -1.05. The van der Waals surface area contributed by atoms with Crippen molar-refractivity contribution in [3.05, 3.63) is 28.7 Å². The Balaban J connectivity index is 2.34. The van der Waals surface area contributed by atoms with Crippen molar-refractivity contribution in [2.45, 2.75) is 50.9 Å². The lowest BCUT2D eigenvalue weighted by Gasteiger charge is -2.35. The Bertz CT molecular complexity index is 516. The molecule has 4 heteroatoms. The summed E-state index contributed by atoms with van der Waals surface area (Å²) in [6.07, 6.45) is 0.652. The molecule has 3 nitrogen and oxygen atoms in total. The molecule has 1 heterocycles. The molecule has 102 valence electrons. The fourth-order valence-corrected chi connectivity index (χ4v) is 3.11. The van der Waals surface area contributed by atoms with E-state index in [2.05, 4.69) is 27.3 Å². The van der Waals surface area contributed by atoms with Crippen molar-refractivity contribution in [3.8, 4) is 6.07 Å². The Kier molecular flexibility index (Phi) is 3.40. The largest absolute Gasteiger partial charge is 0.366 e. The first-order chi connectivity index (χ1) is 8.70. The molecule has 0 aromatic heterocycles. The Morgan fingerprint density at radius 2 is 1.79 bits per heavy atom. The second kappa shape index (κ2) is 4.50. The number of nitriles is 1. The topological polar surface area (TPSA) is 45.0 Å². The van der Waals surface area contributed by atoms with E-state index in [4.69, 9.17) is 4.74 Å². The minimum absolute atomic E-state index is 0.304. The van der Waals surface area contributed by atoms with Crippen LogP contribution in [0, 0.1) is 11.3 Å². The molecule has 0 bridgehead atoms. The summed E-state index contributed by atoms with van der Waals surface area (Å²) in [5.41, 5.74) is -0.635. The maximum absolute atomic E-state index is 9.70. The third-order valence-electron chi connectivity index (χ3n) is 3.64. The third-order valence-corrected chi connectivity index (χ3v) is 4.17. The molecule has 0 radical (unpaired) electrons. The van der Waals surface area contributed by atoms with E-state index in [1.807, 2.05) is 52.0 Å². The molecule has 1 aliphatic rings. The monoisotopic (exact) mass is 322 g/mol. The third kappa shape index (κ3) is 2.63. The second-order valence-electron chi connectivity index (χ2n) is 6.20. The highest BCUT2D eigenvalue weighted by atomic mass is 79.9. The highest BCUT2D eigenvalue weighted by molar-refractivity contribution is 9.10. The molecular formula is C15H19BrN2O. The summed E-state index contributed by atoms with van der Waals surface area (Å²) in [6, 6.07) is 10.3. The van der Waals surface area contributed by atoms with Gasteiger partial charge in [-0.1, -0.05) is 15.9 Å². The van der Waals surface area contributed by atoms with Crippen LogP contribution < -0.4 is 5.32 Å². The van der Waals surface area contributed by atoms with Gasteiger partial charge in [-0.05, 0) is 52.0 Å². The van der Waals surface area contributed by atoms with Gasteiger partial charge in [0.05, 0.1) is 17.3 Å². The molecule has 1 unspecified atom stereocenters. The molecule has 0 aliphatic carbocycles. The van der Waals surface area contributed by atoms with Crippen LogP contribution in [0.15, 0.2) is 28.7 Å². The summed E-state index contributed by atoms with van der Waals surface area (Å²) >= 11 is 3.41. The van der Waals surface area contributed by atoms with Gasteiger partial charge in [-0.25, -0.2) is 0 Å². The summed E-state index contributed by atoms with van der Waals surface area (Å²) in [4.78, 5) is 0. The van der Waals surface area contributed by atoms with Crippen LogP contribution in [0.2, 0.25) is 0 Å². The van der Waals surface area contributed by atoms with Crippen LogP contribution in [0.3, 0.4) is 0 Å². The first-order valence-electron chi connectivity index (χ1n) is 6.35. The van der Waals surface area contributed by atoms with Gasteiger partial charge in [0, 0.05) is 16.6 Å². The van der Waals surface area contributed by atoms with Crippen molar-refractivity contribution >= 4 is 21.6 Å². The number of anilines is 1. The minimum Gasteiger partial charge on any atom is -0.366 e. The van der Waals surface area contributed by atoms with Crippen molar-refractivity contribution < 1.29 is 4.74 Å². The predicted molar refractivity (Wildman–Crippen MR) is 80.0 cm³/mol. The number of ether oxygens (including phenoxy) is 1. The van der Waals surface area contributed by atoms with Gasteiger partial charge in [0.25, 0.3) is 0 Å².